The van der Waals surface area contributed by atoms with Crippen LogP contribution in [0.2, 0.25) is 0 Å². The Hall–Kier alpha value is -3.46. The van der Waals surface area contributed by atoms with Crippen molar-refractivity contribution >= 4 is 28.2 Å². The van der Waals surface area contributed by atoms with Gasteiger partial charge in [-0.15, -0.1) is 0 Å². The third-order valence-electron chi connectivity index (χ3n) is 4.12. The van der Waals surface area contributed by atoms with Gasteiger partial charge in [-0.3, -0.25) is 5.10 Å². The van der Waals surface area contributed by atoms with Gasteiger partial charge in [0, 0.05) is 22.7 Å². The van der Waals surface area contributed by atoms with Crippen LogP contribution in [0.5, 0.6) is 5.75 Å². The van der Waals surface area contributed by atoms with Gasteiger partial charge in [-0.05, 0) is 20.8 Å². The Balaban J connectivity index is 1.73. The van der Waals surface area contributed by atoms with E-state index in [-0.39, 0.29) is 12.4 Å². The molecule has 0 aliphatic carbocycles. The van der Waals surface area contributed by atoms with Gasteiger partial charge in [0.25, 0.3) is 0 Å². The van der Waals surface area contributed by atoms with E-state index in [1.165, 1.54) is 0 Å². The van der Waals surface area contributed by atoms with E-state index in [4.69, 9.17) is 4.74 Å². The molecule has 3 heterocycles. The number of nitrogens with one attached hydrogen (secondary N) is 3. The Bertz CT molecular complexity index is 1170. The van der Waals surface area contributed by atoms with Crippen LogP contribution in [0.25, 0.3) is 33.5 Å². The van der Waals surface area contributed by atoms with E-state index in [1.807, 2.05) is 39.0 Å². The lowest BCUT2D eigenvalue weighted by molar-refractivity contribution is 0.191. The van der Waals surface area contributed by atoms with Gasteiger partial charge in [-0.1, -0.05) is 18.2 Å². The first-order valence-corrected chi connectivity index (χ1v) is 8.77. The van der Waals surface area contributed by atoms with Crippen LogP contribution in [0.15, 0.2) is 30.6 Å². The standard InChI is InChI=1S/C19H20N6O3/c1-19(2,3)23-18(27)28-13-8-21-17-16(13)22-12(7-20-17)15-11-6-4-5-10(9-26)14(11)24-25-15/h4-8,26H,9H2,1-3H3,(H,20,21)(H,23,27)(H,24,25). The maximum atomic E-state index is 12.1. The topological polar surface area (TPSA) is 129 Å². The van der Waals surface area contributed by atoms with Gasteiger partial charge < -0.3 is 20.1 Å². The zero-order valence-corrected chi connectivity index (χ0v) is 15.7. The molecule has 0 atom stereocenters. The monoisotopic (exact) mass is 380 g/mol. The van der Waals surface area contributed by atoms with Gasteiger partial charge in [0.15, 0.2) is 16.9 Å². The Morgan fingerprint density at radius 3 is 2.86 bits per heavy atom. The van der Waals surface area contributed by atoms with Crippen molar-refractivity contribution in [2.24, 2.45) is 0 Å². The van der Waals surface area contributed by atoms with E-state index in [2.05, 4.69) is 30.5 Å². The summed E-state index contributed by atoms with van der Waals surface area (Å²) in [7, 11) is 0. The summed E-state index contributed by atoms with van der Waals surface area (Å²) in [5.74, 6) is 0.283. The molecule has 9 nitrogen and oxygen atoms in total. The molecule has 0 aliphatic rings. The van der Waals surface area contributed by atoms with Crippen LogP contribution in [0.1, 0.15) is 26.3 Å². The Labute approximate surface area is 160 Å². The molecule has 0 bridgehead atoms. The number of nitrogens with zero attached hydrogens (tertiary/aromatic N) is 3. The molecular formula is C19H20N6O3. The van der Waals surface area contributed by atoms with Crippen LogP contribution >= 0.6 is 0 Å². The van der Waals surface area contributed by atoms with Crippen LogP contribution in [0.3, 0.4) is 0 Å². The highest BCUT2D eigenvalue weighted by Crippen LogP contribution is 2.29. The number of hydrogen-bond acceptors (Lipinski definition) is 6. The number of aliphatic hydroxyl groups excluding tert-OH is 1. The van der Waals surface area contributed by atoms with E-state index in [0.717, 1.165) is 10.9 Å². The maximum absolute atomic E-state index is 12.1. The lowest BCUT2D eigenvalue weighted by Crippen LogP contribution is -2.42. The molecule has 9 heteroatoms. The summed E-state index contributed by atoms with van der Waals surface area (Å²) in [6.07, 6.45) is 2.59. The number of H-pyrrole nitrogens is 2. The highest BCUT2D eigenvalue weighted by Gasteiger charge is 2.19. The molecule has 0 saturated heterocycles. The summed E-state index contributed by atoms with van der Waals surface area (Å²) in [5, 5.41) is 20.3. The number of carbonyl (C=O) groups excluding carboxylic acids is 1. The van der Waals surface area contributed by atoms with Crippen molar-refractivity contribution in [3.8, 4) is 17.1 Å². The summed E-state index contributed by atoms with van der Waals surface area (Å²) in [6, 6.07) is 5.55. The number of carbonyl (C=O) groups is 1. The number of aromatic nitrogens is 5. The van der Waals surface area contributed by atoms with Crippen molar-refractivity contribution < 1.29 is 14.6 Å². The lowest BCUT2D eigenvalue weighted by Gasteiger charge is -2.19. The molecule has 28 heavy (non-hydrogen) atoms. The van der Waals surface area contributed by atoms with Gasteiger partial charge in [0.2, 0.25) is 0 Å². The van der Waals surface area contributed by atoms with Crippen molar-refractivity contribution in [1.29, 1.82) is 0 Å². The normalized spacial score (nSPS) is 11.9. The maximum Gasteiger partial charge on any atom is 0.413 e. The summed E-state index contributed by atoms with van der Waals surface area (Å²) < 4.78 is 5.40. The number of rotatable bonds is 3. The largest absolute Gasteiger partial charge is 0.413 e. The zero-order chi connectivity index (χ0) is 19.9. The molecule has 144 valence electrons. The molecule has 0 saturated carbocycles. The average Bonchev–Trinajstić information content (AvgIpc) is 3.24. The van der Waals surface area contributed by atoms with Crippen molar-refractivity contribution in [3.63, 3.8) is 0 Å². The molecular weight excluding hydrogens is 360 g/mol. The quantitative estimate of drug-likeness (QED) is 0.432. The first-order valence-electron chi connectivity index (χ1n) is 8.77. The van der Waals surface area contributed by atoms with Gasteiger partial charge >= 0.3 is 6.09 Å². The fourth-order valence-corrected chi connectivity index (χ4v) is 2.92. The fraction of sp³-hybridized carbons (Fsp3) is 0.263. The summed E-state index contributed by atoms with van der Waals surface area (Å²) in [4.78, 5) is 24.0. The molecule has 0 radical (unpaired) electrons. The first kappa shape index (κ1) is 17.9. The molecule has 0 unspecified atom stereocenters. The number of aliphatic hydroxyl groups is 1. The minimum Gasteiger partial charge on any atom is -0.406 e. The highest BCUT2D eigenvalue weighted by molar-refractivity contribution is 5.94. The van der Waals surface area contributed by atoms with E-state index >= 15 is 0 Å². The third-order valence-corrected chi connectivity index (χ3v) is 4.12. The molecule has 0 spiro atoms. The molecule has 1 amide bonds. The van der Waals surface area contributed by atoms with Crippen molar-refractivity contribution in [2.75, 3.05) is 0 Å². The van der Waals surface area contributed by atoms with Crippen molar-refractivity contribution in [3.05, 3.63) is 36.2 Å². The van der Waals surface area contributed by atoms with Crippen LogP contribution < -0.4 is 10.1 Å². The molecule has 0 aliphatic heterocycles. The summed E-state index contributed by atoms with van der Waals surface area (Å²) >= 11 is 0. The lowest BCUT2D eigenvalue weighted by atomic mass is 10.1. The predicted octanol–water partition coefficient (Wildman–Crippen LogP) is 2.88. The van der Waals surface area contributed by atoms with Crippen LogP contribution in [-0.4, -0.2) is 41.9 Å². The number of para-hydroxylation sites is 1. The minimum atomic E-state index is -0.569. The molecule has 4 N–H and O–H groups in total. The van der Waals surface area contributed by atoms with E-state index in [1.54, 1.807) is 12.4 Å². The number of fused-ring (bicyclic) bond motifs is 2. The van der Waals surface area contributed by atoms with Gasteiger partial charge in [0.1, 0.15) is 5.69 Å². The van der Waals surface area contributed by atoms with E-state index in [9.17, 15) is 9.90 Å². The fourth-order valence-electron chi connectivity index (χ4n) is 2.92. The first-order chi connectivity index (χ1) is 13.4. The predicted molar refractivity (Wildman–Crippen MR) is 104 cm³/mol. The molecule has 1 aromatic carbocycles. The number of amides is 1. The highest BCUT2D eigenvalue weighted by atomic mass is 16.6. The second-order valence-electron chi connectivity index (χ2n) is 7.44. The van der Waals surface area contributed by atoms with Crippen molar-refractivity contribution in [1.82, 2.24) is 30.5 Å². The zero-order valence-electron chi connectivity index (χ0n) is 15.7. The van der Waals surface area contributed by atoms with Crippen LogP contribution in [0, 0.1) is 0 Å². The average molecular weight is 380 g/mol. The Morgan fingerprint density at radius 1 is 1.29 bits per heavy atom. The van der Waals surface area contributed by atoms with Gasteiger partial charge in [-0.25, -0.2) is 14.8 Å². The minimum absolute atomic E-state index is 0.106. The number of hydrogen-bond donors (Lipinski definition) is 4. The number of benzene rings is 1. The Kier molecular flexibility index (Phi) is 4.23. The second kappa shape index (κ2) is 6.61. The van der Waals surface area contributed by atoms with Crippen LogP contribution in [-0.2, 0) is 6.61 Å². The van der Waals surface area contributed by atoms with Gasteiger partial charge in [0.05, 0.1) is 24.0 Å². The van der Waals surface area contributed by atoms with Gasteiger partial charge in [-0.2, -0.15) is 5.10 Å². The summed E-state index contributed by atoms with van der Waals surface area (Å²) in [5.41, 5.74) is 3.14. The van der Waals surface area contributed by atoms with E-state index in [0.29, 0.717) is 28.1 Å². The molecule has 0 fully saturated rings. The molecule has 4 aromatic rings. The smallest absolute Gasteiger partial charge is 0.406 e. The molecule has 3 aromatic heterocycles. The second-order valence-corrected chi connectivity index (χ2v) is 7.44. The molecule has 4 rings (SSSR count). The summed E-state index contributed by atoms with van der Waals surface area (Å²) in [6.45, 7) is 5.49. The van der Waals surface area contributed by atoms with Crippen LogP contribution in [0.4, 0.5) is 4.79 Å². The third kappa shape index (κ3) is 3.27. The van der Waals surface area contributed by atoms with Crippen molar-refractivity contribution in [2.45, 2.75) is 32.9 Å². The van der Waals surface area contributed by atoms with E-state index < -0.39 is 11.6 Å². The number of aromatic amines is 2. The Morgan fingerprint density at radius 2 is 2.11 bits per heavy atom. The number of ether oxygens (including phenoxy) is 1. The SMILES string of the molecule is CC(C)(C)NC(=O)Oc1c[nH]c2ncc(-c3[nH]nc4c(CO)cccc34)nc12.